The normalized spacial score (nSPS) is 29.8. The van der Waals surface area contributed by atoms with Gasteiger partial charge in [0.1, 0.15) is 11.4 Å². The number of carbonyl (C=O) groups is 1. The molecule has 1 N–H and O–H groups in total. The Balaban J connectivity index is 2.93. The number of hydrogen-bond donors (Lipinski definition) is 1. The van der Waals surface area contributed by atoms with E-state index >= 15 is 0 Å². The molecule has 1 aliphatic rings. The maximum Gasteiger partial charge on any atom is 0.134 e. The van der Waals surface area contributed by atoms with E-state index in [2.05, 4.69) is 24.8 Å². The van der Waals surface area contributed by atoms with Crippen LogP contribution in [-0.4, -0.2) is 28.0 Å². The van der Waals surface area contributed by atoms with E-state index in [0.717, 1.165) is 17.1 Å². The Labute approximate surface area is 127 Å². The van der Waals surface area contributed by atoms with Crippen LogP contribution in [0.3, 0.4) is 0 Å². The zero-order valence-electron chi connectivity index (χ0n) is 13.2. The molecular weight excluding hydrogens is 268 g/mol. The minimum atomic E-state index is -1.09. The van der Waals surface area contributed by atoms with Gasteiger partial charge in [-0.3, -0.25) is 4.79 Å². The molecular formula is C17H26O2S. The van der Waals surface area contributed by atoms with Gasteiger partial charge in [-0.15, -0.1) is 0 Å². The van der Waals surface area contributed by atoms with E-state index in [4.69, 9.17) is 0 Å². The molecule has 1 aliphatic carbocycles. The van der Waals surface area contributed by atoms with Crippen LogP contribution < -0.4 is 0 Å². The Kier molecular flexibility index (Phi) is 5.91. The Morgan fingerprint density at radius 2 is 2.20 bits per heavy atom. The van der Waals surface area contributed by atoms with E-state index in [1.165, 1.54) is 0 Å². The van der Waals surface area contributed by atoms with Crippen molar-refractivity contribution in [1.82, 2.24) is 0 Å². The highest BCUT2D eigenvalue weighted by molar-refractivity contribution is 7.99. The van der Waals surface area contributed by atoms with Gasteiger partial charge in [0.25, 0.3) is 0 Å². The molecule has 3 heteroatoms. The van der Waals surface area contributed by atoms with E-state index in [-0.39, 0.29) is 11.7 Å². The van der Waals surface area contributed by atoms with Crippen LogP contribution in [0.1, 0.15) is 47.5 Å². The summed E-state index contributed by atoms with van der Waals surface area (Å²) in [5.74, 6) is 8.29. The van der Waals surface area contributed by atoms with Crippen molar-refractivity contribution < 1.29 is 9.90 Å². The Morgan fingerprint density at radius 1 is 1.55 bits per heavy atom. The highest BCUT2D eigenvalue weighted by Crippen LogP contribution is 2.45. The third-order valence-corrected chi connectivity index (χ3v) is 4.89. The topological polar surface area (TPSA) is 37.3 Å². The van der Waals surface area contributed by atoms with Crippen LogP contribution in [0.5, 0.6) is 0 Å². The zero-order valence-corrected chi connectivity index (χ0v) is 14.1. The molecule has 0 bridgehead atoms. The number of rotatable bonds is 3. The van der Waals surface area contributed by atoms with Crippen LogP contribution in [0.4, 0.5) is 0 Å². The van der Waals surface area contributed by atoms with Crippen molar-refractivity contribution in [3.63, 3.8) is 0 Å². The van der Waals surface area contributed by atoms with Gasteiger partial charge >= 0.3 is 0 Å². The van der Waals surface area contributed by atoms with Gasteiger partial charge in [-0.1, -0.05) is 45.6 Å². The number of thioether (sulfide) groups is 1. The number of allylic oxidation sites excluding steroid dienone is 1. The van der Waals surface area contributed by atoms with Gasteiger partial charge in [0.15, 0.2) is 0 Å². The predicted molar refractivity (Wildman–Crippen MR) is 86.7 cm³/mol. The molecule has 1 fully saturated rings. The van der Waals surface area contributed by atoms with E-state index in [0.29, 0.717) is 12.8 Å². The van der Waals surface area contributed by atoms with Gasteiger partial charge in [0, 0.05) is 29.9 Å². The summed E-state index contributed by atoms with van der Waals surface area (Å²) in [6, 6.07) is 0. The molecule has 2 atom stereocenters. The lowest BCUT2D eigenvalue weighted by Gasteiger charge is -2.46. The summed E-state index contributed by atoms with van der Waals surface area (Å²) in [5, 5.41) is 10.9. The maximum atomic E-state index is 11.7. The van der Waals surface area contributed by atoms with Crippen molar-refractivity contribution in [3.05, 3.63) is 11.6 Å². The summed E-state index contributed by atoms with van der Waals surface area (Å²) in [7, 11) is 0. The molecule has 2 nitrogen and oxygen atoms in total. The molecule has 0 aromatic carbocycles. The average Bonchev–Trinajstić information content (AvgIpc) is 2.33. The molecule has 0 amide bonds. The first-order valence-corrected chi connectivity index (χ1v) is 8.40. The minimum Gasteiger partial charge on any atom is -0.377 e. The largest absolute Gasteiger partial charge is 0.377 e. The molecule has 20 heavy (non-hydrogen) atoms. The van der Waals surface area contributed by atoms with Gasteiger partial charge in [0.2, 0.25) is 0 Å². The molecule has 0 aliphatic heterocycles. The number of Topliss-reactive ketones (excluding diaryl/α,β-unsaturated/α-hetero) is 1. The van der Waals surface area contributed by atoms with Crippen molar-refractivity contribution in [3.8, 4) is 11.8 Å². The molecule has 1 rings (SSSR count). The first-order valence-electron chi connectivity index (χ1n) is 7.24. The van der Waals surface area contributed by atoms with Crippen molar-refractivity contribution in [2.45, 2.75) is 53.1 Å². The second-order valence-electron chi connectivity index (χ2n) is 6.27. The van der Waals surface area contributed by atoms with Gasteiger partial charge in [-0.25, -0.2) is 0 Å². The standard InChI is InChI=1S/C17H26O2S/c1-6-20-10-8-13(2)7-9-17(19)14(3)11-15(18)12-16(17,4)5/h8,14,19H,6,10-12H2,1-5H3/t14-,17+/m1/s1. The van der Waals surface area contributed by atoms with Gasteiger partial charge in [-0.05, 0) is 18.2 Å². The van der Waals surface area contributed by atoms with E-state index in [1.807, 2.05) is 39.5 Å². The number of hydrogen-bond acceptors (Lipinski definition) is 3. The molecule has 0 spiro atoms. The summed E-state index contributed by atoms with van der Waals surface area (Å²) in [5.41, 5.74) is -0.597. The summed E-state index contributed by atoms with van der Waals surface area (Å²) in [4.78, 5) is 11.7. The van der Waals surface area contributed by atoms with E-state index < -0.39 is 11.0 Å². The maximum absolute atomic E-state index is 11.7. The van der Waals surface area contributed by atoms with Crippen LogP contribution >= 0.6 is 11.8 Å². The molecule has 0 aromatic heterocycles. The summed E-state index contributed by atoms with van der Waals surface area (Å²) >= 11 is 1.85. The molecule has 0 unspecified atom stereocenters. The summed E-state index contributed by atoms with van der Waals surface area (Å²) in [6.07, 6.45) is 2.91. The van der Waals surface area contributed by atoms with Crippen LogP contribution in [0.15, 0.2) is 11.6 Å². The monoisotopic (exact) mass is 294 g/mol. The lowest BCUT2D eigenvalue weighted by Crippen LogP contribution is -2.53. The van der Waals surface area contributed by atoms with Crippen molar-refractivity contribution in [2.75, 3.05) is 11.5 Å². The van der Waals surface area contributed by atoms with Gasteiger partial charge in [-0.2, -0.15) is 11.8 Å². The number of aliphatic hydroxyl groups is 1. The quantitative estimate of drug-likeness (QED) is 0.640. The molecule has 0 saturated heterocycles. The lowest BCUT2D eigenvalue weighted by atomic mass is 9.60. The zero-order chi connectivity index (χ0) is 15.4. The minimum absolute atomic E-state index is 0.121. The highest BCUT2D eigenvalue weighted by atomic mass is 32.2. The van der Waals surface area contributed by atoms with Gasteiger partial charge < -0.3 is 5.11 Å². The molecule has 0 aromatic rings. The Morgan fingerprint density at radius 3 is 2.75 bits per heavy atom. The highest BCUT2D eigenvalue weighted by Gasteiger charge is 2.51. The predicted octanol–water partition coefficient (Wildman–Crippen LogP) is 3.45. The van der Waals surface area contributed by atoms with Crippen molar-refractivity contribution in [1.29, 1.82) is 0 Å². The SMILES string of the molecule is CCSCC=C(C)C#C[C@]1(O)[C@H](C)CC(=O)CC1(C)C. The van der Waals surface area contributed by atoms with Crippen LogP contribution in [0.25, 0.3) is 0 Å². The first kappa shape index (κ1) is 17.3. The third-order valence-electron chi connectivity index (χ3n) is 4.08. The second-order valence-corrected chi connectivity index (χ2v) is 7.59. The first-order chi connectivity index (χ1) is 9.23. The van der Waals surface area contributed by atoms with Gasteiger partial charge in [0.05, 0.1) is 0 Å². The van der Waals surface area contributed by atoms with Crippen LogP contribution in [-0.2, 0) is 4.79 Å². The fourth-order valence-electron chi connectivity index (χ4n) is 2.70. The molecule has 112 valence electrons. The number of ketones is 1. The molecule has 1 saturated carbocycles. The number of carbonyl (C=O) groups excluding carboxylic acids is 1. The van der Waals surface area contributed by atoms with Crippen LogP contribution in [0, 0.1) is 23.2 Å². The van der Waals surface area contributed by atoms with E-state index in [9.17, 15) is 9.90 Å². The molecule has 0 heterocycles. The smallest absolute Gasteiger partial charge is 0.134 e. The summed E-state index contributed by atoms with van der Waals surface area (Å²) < 4.78 is 0. The summed E-state index contributed by atoms with van der Waals surface area (Å²) in [6.45, 7) is 9.88. The fraction of sp³-hybridized carbons (Fsp3) is 0.706. The average molecular weight is 294 g/mol. The lowest BCUT2D eigenvalue weighted by molar-refractivity contribution is -0.140. The second kappa shape index (κ2) is 6.83. The third kappa shape index (κ3) is 3.90. The van der Waals surface area contributed by atoms with Crippen molar-refractivity contribution in [2.24, 2.45) is 11.3 Å². The van der Waals surface area contributed by atoms with E-state index in [1.54, 1.807) is 0 Å². The molecule has 0 radical (unpaired) electrons. The fourth-order valence-corrected chi connectivity index (χ4v) is 3.30. The van der Waals surface area contributed by atoms with Crippen molar-refractivity contribution >= 4 is 17.5 Å². The Bertz CT molecular complexity index is 453. The van der Waals surface area contributed by atoms with Crippen LogP contribution in [0.2, 0.25) is 0 Å². The Hall–Kier alpha value is -0.720.